The fraction of sp³-hybridized carbons (Fsp3) is 0.0909. The lowest BCUT2D eigenvalue weighted by Crippen LogP contribution is -2.15. The number of rotatable bonds is 4. The molecule has 2 aromatic carbocycles. The molecular formula is C22H15ClF3N3O. The summed E-state index contributed by atoms with van der Waals surface area (Å²) in [6.45, 7) is 0. The first kappa shape index (κ1) is 20.0. The van der Waals surface area contributed by atoms with Crippen LogP contribution < -0.4 is 5.32 Å². The van der Waals surface area contributed by atoms with Gasteiger partial charge in [-0.2, -0.15) is 13.2 Å². The van der Waals surface area contributed by atoms with E-state index in [0.29, 0.717) is 16.8 Å². The summed E-state index contributed by atoms with van der Waals surface area (Å²) >= 11 is 6.18. The van der Waals surface area contributed by atoms with Gasteiger partial charge in [0.05, 0.1) is 28.0 Å². The molecular weight excluding hydrogens is 415 g/mol. The van der Waals surface area contributed by atoms with Crippen molar-refractivity contribution in [3.63, 3.8) is 0 Å². The molecule has 0 aliphatic heterocycles. The molecule has 0 bridgehead atoms. The Bertz CT molecular complexity index is 1200. The highest BCUT2D eigenvalue weighted by atomic mass is 35.5. The topological polar surface area (TPSA) is 58.0 Å². The zero-order valence-corrected chi connectivity index (χ0v) is 16.1. The number of nitrogens with one attached hydrogen (secondary N) is 1. The lowest BCUT2D eigenvalue weighted by atomic mass is 9.99. The van der Waals surface area contributed by atoms with Crippen molar-refractivity contribution in [3.8, 4) is 5.75 Å². The van der Waals surface area contributed by atoms with E-state index in [1.165, 1.54) is 6.07 Å². The fourth-order valence-corrected chi connectivity index (χ4v) is 3.38. The smallest absolute Gasteiger partial charge is 0.416 e. The van der Waals surface area contributed by atoms with Gasteiger partial charge in [0, 0.05) is 23.3 Å². The Morgan fingerprint density at radius 1 is 0.933 bits per heavy atom. The van der Waals surface area contributed by atoms with Gasteiger partial charge in [-0.15, -0.1) is 0 Å². The number of hydrogen-bond acceptors (Lipinski definition) is 4. The van der Waals surface area contributed by atoms with Crippen molar-refractivity contribution in [2.75, 3.05) is 5.32 Å². The Labute approximate surface area is 175 Å². The normalized spacial score (nSPS) is 12.7. The van der Waals surface area contributed by atoms with Crippen molar-refractivity contribution >= 4 is 28.2 Å². The monoisotopic (exact) mass is 429 g/mol. The van der Waals surface area contributed by atoms with Gasteiger partial charge in [0.1, 0.15) is 11.3 Å². The second-order valence-corrected chi connectivity index (χ2v) is 7.01. The van der Waals surface area contributed by atoms with Crippen molar-refractivity contribution < 1.29 is 18.3 Å². The first-order chi connectivity index (χ1) is 14.3. The van der Waals surface area contributed by atoms with Crippen LogP contribution in [-0.2, 0) is 6.18 Å². The molecule has 0 aliphatic rings. The molecule has 0 saturated carbocycles. The minimum Gasteiger partial charge on any atom is -0.505 e. The van der Waals surface area contributed by atoms with Gasteiger partial charge in [-0.1, -0.05) is 35.9 Å². The first-order valence-corrected chi connectivity index (χ1v) is 9.33. The SMILES string of the molecule is Oc1c(C(Nc2cc(C(F)(F)F)ccc2Cl)c2ccccn2)ccc2cccnc12. The molecule has 2 N–H and O–H groups in total. The van der Waals surface area contributed by atoms with Gasteiger partial charge in [-0.25, -0.2) is 0 Å². The first-order valence-electron chi connectivity index (χ1n) is 8.95. The summed E-state index contributed by atoms with van der Waals surface area (Å²) in [4.78, 5) is 8.53. The van der Waals surface area contributed by atoms with Crippen LogP contribution in [0.5, 0.6) is 5.75 Å². The van der Waals surface area contributed by atoms with Gasteiger partial charge in [0.2, 0.25) is 0 Å². The maximum absolute atomic E-state index is 13.2. The molecule has 2 heterocycles. The van der Waals surface area contributed by atoms with Gasteiger partial charge in [-0.05, 0) is 36.4 Å². The minimum absolute atomic E-state index is 0.0719. The fourth-order valence-electron chi connectivity index (χ4n) is 3.20. The molecule has 0 amide bonds. The van der Waals surface area contributed by atoms with Crippen LogP contribution in [0.15, 0.2) is 73.1 Å². The quantitative estimate of drug-likeness (QED) is 0.405. The molecule has 8 heteroatoms. The molecule has 0 fully saturated rings. The van der Waals surface area contributed by atoms with Crippen LogP contribution in [0.2, 0.25) is 5.02 Å². The number of fused-ring (bicyclic) bond motifs is 1. The lowest BCUT2D eigenvalue weighted by molar-refractivity contribution is -0.137. The van der Waals surface area contributed by atoms with E-state index >= 15 is 0 Å². The van der Waals surface area contributed by atoms with Crippen molar-refractivity contribution in [2.45, 2.75) is 12.2 Å². The molecule has 1 unspecified atom stereocenters. The zero-order valence-electron chi connectivity index (χ0n) is 15.4. The van der Waals surface area contributed by atoms with E-state index in [1.54, 1.807) is 54.9 Å². The predicted octanol–water partition coefficient (Wildman–Crippen LogP) is 6.21. The van der Waals surface area contributed by atoms with Gasteiger partial charge < -0.3 is 10.4 Å². The number of nitrogens with zero attached hydrogens (tertiary/aromatic N) is 2. The molecule has 0 saturated heterocycles. The van der Waals surface area contributed by atoms with Crippen LogP contribution in [0.3, 0.4) is 0 Å². The van der Waals surface area contributed by atoms with E-state index in [-0.39, 0.29) is 16.5 Å². The van der Waals surface area contributed by atoms with Crippen LogP contribution in [0, 0.1) is 0 Å². The Morgan fingerprint density at radius 2 is 1.73 bits per heavy atom. The highest BCUT2D eigenvalue weighted by molar-refractivity contribution is 6.33. The van der Waals surface area contributed by atoms with E-state index in [2.05, 4.69) is 15.3 Å². The van der Waals surface area contributed by atoms with Gasteiger partial charge in [0.15, 0.2) is 0 Å². The molecule has 0 aliphatic carbocycles. The Balaban J connectivity index is 1.85. The maximum atomic E-state index is 13.2. The van der Waals surface area contributed by atoms with Crippen LogP contribution in [0.4, 0.5) is 18.9 Å². The van der Waals surface area contributed by atoms with Gasteiger partial charge in [0.25, 0.3) is 0 Å². The third-order valence-electron chi connectivity index (χ3n) is 4.67. The zero-order chi connectivity index (χ0) is 21.3. The van der Waals surface area contributed by atoms with Gasteiger partial charge in [-0.3, -0.25) is 9.97 Å². The number of aromatic nitrogens is 2. The van der Waals surface area contributed by atoms with Crippen molar-refractivity contribution in [1.29, 1.82) is 0 Å². The number of alkyl halides is 3. The van der Waals surface area contributed by atoms with E-state index in [4.69, 9.17) is 11.6 Å². The number of hydrogen-bond donors (Lipinski definition) is 2. The number of benzene rings is 2. The third kappa shape index (κ3) is 3.89. The third-order valence-corrected chi connectivity index (χ3v) is 5.00. The second-order valence-electron chi connectivity index (χ2n) is 6.60. The number of aromatic hydroxyl groups is 1. The summed E-state index contributed by atoms with van der Waals surface area (Å²) in [5, 5.41) is 14.7. The average molecular weight is 430 g/mol. The molecule has 30 heavy (non-hydrogen) atoms. The summed E-state index contributed by atoms with van der Waals surface area (Å²) in [7, 11) is 0. The van der Waals surface area contributed by atoms with E-state index in [1.807, 2.05) is 0 Å². The highest BCUT2D eigenvalue weighted by Crippen LogP contribution is 2.39. The molecule has 4 nitrogen and oxygen atoms in total. The number of anilines is 1. The van der Waals surface area contributed by atoms with Gasteiger partial charge >= 0.3 is 6.18 Å². The molecule has 0 spiro atoms. The van der Waals surface area contributed by atoms with Crippen molar-refractivity contribution in [3.05, 3.63) is 94.9 Å². The second kappa shape index (κ2) is 7.84. The summed E-state index contributed by atoms with van der Waals surface area (Å²) < 4.78 is 39.6. The Hall–Kier alpha value is -3.32. The number of halogens is 4. The number of pyridine rings is 2. The van der Waals surface area contributed by atoms with E-state index < -0.39 is 17.8 Å². The lowest BCUT2D eigenvalue weighted by Gasteiger charge is -2.23. The number of phenolic OH excluding ortho intramolecular Hbond substituents is 1. The predicted molar refractivity (Wildman–Crippen MR) is 110 cm³/mol. The van der Waals surface area contributed by atoms with Crippen LogP contribution in [0.25, 0.3) is 10.9 Å². The molecule has 152 valence electrons. The van der Waals surface area contributed by atoms with Crippen molar-refractivity contribution in [1.82, 2.24) is 9.97 Å². The van der Waals surface area contributed by atoms with Crippen LogP contribution >= 0.6 is 11.6 Å². The maximum Gasteiger partial charge on any atom is 0.416 e. The Morgan fingerprint density at radius 3 is 2.47 bits per heavy atom. The molecule has 2 aromatic heterocycles. The summed E-state index contributed by atoms with van der Waals surface area (Å²) in [6.07, 6.45) is -1.40. The van der Waals surface area contributed by atoms with E-state index in [9.17, 15) is 18.3 Å². The molecule has 4 rings (SSSR count). The van der Waals surface area contributed by atoms with Crippen molar-refractivity contribution in [2.24, 2.45) is 0 Å². The summed E-state index contributed by atoms with van der Waals surface area (Å²) in [5.74, 6) is -0.0839. The number of phenols is 1. The standard InChI is InChI=1S/C22H15ClF3N3O/c23-16-9-7-14(22(24,25)26)12-18(16)29-20(17-5-1-2-10-27-17)15-8-6-13-4-3-11-28-19(13)21(15)30/h1-12,20,29-30H. The molecule has 4 aromatic rings. The largest absolute Gasteiger partial charge is 0.505 e. The van der Waals surface area contributed by atoms with E-state index in [0.717, 1.165) is 17.5 Å². The van der Waals surface area contributed by atoms with Crippen LogP contribution in [0.1, 0.15) is 22.9 Å². The molecule has 0 radical (unpaired) electrons. The molecule has 1 atom stereocenters. The van der Waals surface area contributed by atoms with Crippen LogP contribution in [-0.4, -0.2) is 15.1 Å². The average Bonchev–Trinajstić information content (AvgIpc) is 2.74. The minimum atomic E-state index is -4.52. The highest BCUT2D eigenvalue weighted by Gasteiger charge is 2.31. The summed E-state index contributed by atoms with van der Waals surface area (Å²) in [6, 6.07) is 14.5. The Kier molecular flexibility index (Phi) is 5.22. The summed E-state index contributed by atoms with van der Waals surface area (Å²) in [5.41, 5.74) is 0.527.